The van der Waals surface area contributed by atoms with Gasteiger partial charge in [0.25, 0.3) is 5.56 Å². The molecule has 1 aromatic heterocycles. The zero-order valence-electron chi connectivity index (χ0n) is 8.44. The fourth-order valence-corrected chi connectivity index (χ4v) is 1.32. The number of nitrogens with zero attached hydrogens (tertiary/aromatic N) is 2. The molecule has 0 spiro atoms. The zero-order chi connectivity index (χ0) is 11.4. The molecule has 0 radical (unpaired) electrons. The second-order valence-electron chi connectivity index (χ2n) is 3.21. The van der Waals surface area contributed by atoms with Crippen molar-refractivity contribution < 1.29 is 9.53 Å². The minimum absolute atomic E-state index is 0.122. The highest BCUT2D eigenvalue weighted by molar-refractivity contribution is 9.10. The molecular formula is C9H11BrN2O3. The van der Waals surface area contributed by atoms with Crippen LogP contribution in [0.2, 0.25) is 0 Å². The molecule has 15 heavy (non-hydrogen) atoms. The highest BCUT2D eigenvalue weighted by Gasteiger charge is 2.08. The van der Waals surface area contributed by atoms with Crippen LogP contribution in [0.5, 0.6) is 0 Å². The largest absolute Gasteiger partial charge is 0.462 e. The lowest BCUT2D eigenvalue weighted by Gasteiger charge is -2.08. The van der Waals surface area contributed by atoms with E-state index in [2.05, 4.69) is 20.9 Å². The van der Waals surface area contributed by atoms with Gasteiger partial charge in [-0.3, -0.25) is 14.2 Å². The van der Waals surface area contributed by atoms with Crippen LogP contribution in [0.15, 0.2) is 21.8 Å². The third kappa shape index (κ3) is 3.47. The Morgan fingerprint density at radius 1 is 1.67 bits per heavy atom. The number of halogens is 1. The van der Waals surface area contributed by atoms with Gasteiger partial charge in [0.1, 0.15) is 11.0 Å². The first-order valence-electron chi connectivity index (χ1n) is 4.40. The predicted octanol–water partition coefficient (Wildman–Crippen LogP) is 0.957. The average molecular weight is 275 g/mol. The lowest BCUT2D eigenvalue weighted by Crippen LogP contribution is -2.27. The van der Waals surface area contributed by atoms with Crippen molar-refractivity contribution in [3.63, 3.8) is 0 Å². The number of carbonyl (C=O) groups excluding carboxylic acids is 1. The summed E-state index contributed by atoms with van der Waals surface area (Å²) >= 11 is 3.04. The van der Waals surface area contributed by atoms with Gasteiger partial charge in [-0.05, 0) is 29.8 Å². The Morgan fingerprint density at radius 3 is 2.93 bits per heavy atom. The molecule has 0 aliphatic carbocycles. The van der Waals surface area contributed by atoms with E-state index in [9.17, 15) is 9.59 Å². The second-order valence-corrected chi connectivity index (χ2v) is 4.07. The summed E-state index contributed by atoms with van der Waals surface area (Å²) in [5, 5.41) is 0. The van der Waals surface area contributed by atoms with E-state index in [0.29, 0.717) is 4.47 Å². The number of ether oxygens (including phenoxy) is 1. The fraction of sp³-hybridized carbons (Fsp3) is 0.444. The predicted molar refractivity (Wildman–Crippen MR) is 57.4 cm³/mol. The van der Waals surface area contributed by atoms with E-state index < -0.39 is 5.97 Å². The van der Waals surface area contributed by atoms with Crippen molar-refractivity contribution in [1.82, 2.24) is 9.55 Å². The van der Waals surface area contributed by atoms with E-state index in [-0.39, 0.29) is 18.2 Å². The van der Waals surface area contributed by atoms with Gasteiger partial charge < -0.3 is 4.74 Å². The molecule has 5 nitrogen and oxygen atoms in total. The molecule has 0 amide bonds. The molecule has 0 N–H and O–H groups in total. The van der Waals surface area contributed by atoms with Gasteiger partial charge in [-0.1, -0.05) is 0 Å². The number of rotatable bonds is 3. The smallest absolute Gasteiger partial charge is 0.326 e. The van der Waals surface area contributed by atoms with Gasteiger partial charge in [-0.25, -0.2) is 4.98 Å². The first-order chi connectivity index (χ1) is 7.00. The third-order valence-corrected chi connectivity index (χ3v) is 2.07. The maximum atomic E-state index is 11.5. The van der Waals surface area contributed by atoms with Crippen molar-refractivity contribution in [3.05, 3.63) is 27.4 Å². The maximum absolute atomic E-state index is 11.5. The Hall–Kier alpha value is -1.17. The van der Waals surface area contributed by atoms with Gasteiger partial charge in [0.2, 0.25) is 0 Å². The average Bonchev–Trinajstić information content (AvgIpc) is 2.11. The molecule has 0 bridgehead atoms. The van der Waals surface area contributed by atoms with Crippen LogP contribution >= 0.6 is 15.9 Å². The summed E-state index contributed by atoms with van der Waals surface area (Å²) in [6.45, 7) is 3.38. The van der Waals surface area contributed by atoms with E-state index in [1.807, 2.05) is 0 Å². The molecule has 1 heterocycles. The topological polar surface area (TPSA) is 61.2 Å². The van der Waals surface area contributed by atoms with Crippen molar-refractivity contribution in [3.8, 4) is 0 Å². The van der Waals surface area contributed by atoms with Gasteiger partial charge in [0, 0.05) is 6.20 Å². The van der Waals surface area contributed by atoms with Gasteiger partial charge in [-0.15, -0.1) is 0 Å². The number of hydrogen-bond donors (Lipinski definition) is 0. The molecule has 82 valence electrons. The number of aromatic nitrogens is 2. The minimum atomic E-state index is -0.452. The van der Waals surface area contributed by atoms with E-state index in [1.165, 1.54) is 17.1 Å². The van der Waals surface area contributed by atoms with E-state index >= 15 is 0 Å². The van der Waals surface area contributed by atoms with Crippen LogP contribution in [0.25, 0.3) is 0 Å². The molecule has 1 aromatic rings. The molecule has 6 heteroatoms. The van der Waals surface area contributed by atoms with Crippen LogP contribution in [0.3, 0.4) is 0 Å². The van der Waals surface area contributed by atoms with Crippen LogP contribution in [-0.2, 0) is 16.1 Å². The van der Waals surface area contributed by atoms with Gasteiger partial charge in [0.05, 0.1) is 12.4 Å². The molecule has 0 atom stereocenters. The molecule has 0 unspecified atom stereocenters. The van der Waals surface area contributed by atoms with Crippen molar-refractivity contribution in [2.24, 2.45) is 0 Å². The molecule has 1 rings (SSSR count). The lowest BCUT2D eigenvalue weighted by molar-refractivity contribution is -0.148. The third-order valence-electron chi connectivity index (χ3n) is 1.53. The van der Waals surface area contributed by atoms with E-state index in [0.717, 1.165) is 0 Å². The quantitative estimate of drug-likeness (QED) is 0.771. The first-order valence-corrected chi connectivity index (χ1v) is 5.19. The van der Waals surface area contributed by atoms with Crippen LogP contribution in [0.4, 0.5) is 0 Å². The summed E-state index contributed by atoms with van der Waals surface area (Å²) in [4.78, 5) is 26.5. The van der Waals surface area contributed by atoms with Gasteiger partial charge in [-0.2, -0.15) is 0 Å². The number of carbonyl (C=O) groups is 1. The summed E-state index contributed by atoms with van der Waals surface area (Å²) in [7, 11) is 0. The maximum Gasteiger partial charge on any atom is 0.326 e. The standard InChI is InChI=1S/C9H11BrN2O3/c1-6(2)15-8(13)4-12-5-11-3-7(10)9(12)14/h3,5-6H,4H2,1-2H3. The summed E-state index contributed by atoms with van der Waals surface area (Å²) < 4.78 is 6.42. The van der Waals surface area contributed by atoms with Crippen molar-refractivity contribution in [2.45, 2.75) is 26.5 Å². The highest BCUT2D eigenvalue weighted by atomic mass is 79.9. The Bertz CT molecular complexity index is 414. The summed E-state index contributed by atoms with van der Waals surface area (Å²) in [5.74, 6) is -0.452. The SMILES string of the molecule is CC(C)OC(=O)Cn1cncc(Br)c1=O. The zero-order valence-corrected chi connectivity index (χ0v) is 10.0. The molecule has 0 aliphatic heterocycles. The van der Waals surface area contributed by atoms with Gasteiger partial charge >= 0.3 is 5.97 Å². The summed E-state index contributed by atoms with van der Waals surface area (Å²) in [6, 6.07) is 0. The van der Waals surface area contributed by atoms with Crippen LogP contribution in [0.1, 0.15) is 13.8 Å². The monoisotopic (exact) mass is 274 g/mol. The Kier molecular flexibility index (Phi) is 4.02. The Morgan fingerprint density at radius 2 is 2.33 bits per heavy atom. The van der Waals surface area contributed by atoms with Crippen LogP contribution in [0, 0.1) is 0 Å². The first kappa shape index (κ1) is 11.9. The highest BCUT2D eigenvalue weighted by Crippen LogP contribution is 1.98. The fourth-order valence-electron chi connectivity index (χ4n) is 0.976. The molecular weight excluding hydrogens is 264 g/mol. The van der Waals surface area contributed by atoms with E-state index in [4.69, 9.17) is 4.74 Å². The van der Waals surface area contributed by atoms with Crippen molar-refractivity contribution in [2.75, 3.05) is 0 Å². The Labute approximate surface area is 95.2 Å². The van der Waals surface area contributed by atoms with Crippen molar-refractivity contribution >= 4 is 21.9 Å². The normalized spacial score (nSPS) is 10.4. The molecule has 0 saturated heterocycles. The van der Waals surface area contributed by atoms with Crippen LogP contribution in [-0.4, -0.2) is 21.6 Å². The molecule has 0 aromatic carbocycles. The minimum Gasteiger partial charge on any atom is -0.462 e. The van der Waals surface area contributed by atoms with Crippen LogP contribution < -0.4 is 5.56 Å². The number of esters is 1. The number of hydrogen-bond acceptors (Lipinski definition) is 4. The van der Waals surface area contributed by atoms with Crippen molar-refractivity contribution in [1.29, 1.82) is 0 Å². The summed E-state index contributed by atoms with van der Waals surface area (Å²) in [6.07, 6.45) is 2.50. The molecule has 0 saturated carbocycles. The van der Waals surface area contributed by atoms with Gasteiger partial charge in [0.15, 0.2) is 0 Å². The summed E-state index contributed by atoms with van der Waals surface area (Å²) in [5.41, 5.74) is -0.300. The molecule has 0 fully saturated rings. The van der Waals surface area contributed by atoms with E-state index in [1.54, 1.807) is 13.8 Å². The lowest BCUT2D eigenvalue weighted by atomic mass is 10.5. The molecule has 0 aliphatic rings. The second kappa shape index (κ2) is 5.06. The Balaban J connectivity index is 2.77.